The zero-order valence-electron chi connectivity index (χ0n) is 12.2. The fourth-order valence-electron chi connectivity index (χ4n) is 2.57. The van der Waals surface area contributed by atoms with Crippen molar-refractivity contribution in [2.24, 2.45) is 0 Å². The Labute approximate surface area is 148 Å². The molecule has 3 aromatic carbocycles. The molecule has 3 aromatic rings. The van der Waals surface area contributed by atoms with Gasteiger partial charge in [-0.3, -0.25) is 10.1 Å². The average Bonchev–Trinajstić information content (AvgIpc) is 2.55. The number of hydrogen-bond donors (Lipinski definition) is 1. The molecule has 0 aromatic heterocycles. The molecular formula is C18H11Cl2NO3. The van der Waals surface area contributed by atoms with Gasteiger partial charge in [0.15, 0.2) is 5.75 Å². The Morgan fingerprint density at radius 1 is 0.875 bits per heavy atom. The lowest BCUT2D eigenvalue weighted by Gasteiger charge is -2.12. The molecule has 0 radical (unpaired) electrons. The van der Waals surface area contributed by atoms with E-state index in [9.17, 15) is 15.2 Å². The number of benzene rings is 3. The van der Waals surface area contributed by atoms with Gasteiger partial charge >= 0.3 is 5.69 Å². The van der Waals surface area contributed by atoms with Gasteiger partial charge in [-0.05, 0) is 53.1 Å². The summed E-state index contributed by atoms with van der Waals surface area (Å²) in [5, 5.41) is 22.6. The minimum atomic E-state index is -0.590. The van der Waals surface area contributed by atoms with E-state index in [1.165, 1.54) is 6.07 Å². The van der Waals surface area contributed by atoms with Gasteiger partial charge in [-0.25, -0.2) is 0 Å². The van der Waals surface area contributed by atoms with Crippen molar-refractivity contribution in [2.75, 3.05) is 0 Å². The third-order valence-corrected chi connectivity index (χ3v) is 4.09. The van der Waals surface area contributed by atoms with Gasteiger partial charge in [0.25, 0.3) is 0 Å². The molecule has 6 heteroatoms. The van der Waals surface area contributed by atoms with E-state index in [0.717, 1.165) is 5.56 Å². The van der Waals surface area contributed by atoms with Crippen molar-refractivity contribution in [1.82, 2.24) is 0 Å². The van der Waals surface area contributed by atoms with Crippen LogP contribution in [0, 0.1) is 10.1 Å². The maximum Gasteiger partial charge on any atom is 0.319 e. The Bertz CT molecular complexity index is 924. The predicted octanol–water partition coefficient (Wildman–Crippen LogP) is 5.94. The van der Waals surface area contributed by atoms with Crippen LogP contribution in [0.4, 0.5) is 5.69 Å². The van der Waals surface area contributed by atoms with E-state index in [1.54, 1.807) is 54.6 Å². The maximum atomic E-state index is 11.5. The van der Waals surface area contributed by atoms with Gasteiger partial charge < -0.3 is 5.11 Å². The van der Waals surface area contributed by atoms with Gasteiger partial charge in [-0.15, -0.1) is 0 Å². The van der Waals surface area contributed by atoms with Crippen LogP contribution in [0.2, 0.25) is 10.0 Å². The highest BCUT2D eigenvalue weighted by Crippen LogP contribution is 2.44. The lowest BCUT2D eigenvalue weighted by molar-refractivity contribution is -0.385. The molecule has 4 nitrogen and oxygen atoms in total. The van der Waals surface area contributed by atoms with E-state index in [2.05, 4.69) is 0 Å². The molecule has 3 rings (SSSR count). The van der Waals surface area contributed by atoms with Crippen molar-refractivity contribution in [3.05, 3.63) is 80.8 Å². The number of nitrogens with zero attached hydrogens (tertiary/aromatic N) is 1. The van der Waals surface area contributed by atoms with E-state index in [0.29, 0.717) is 26.7 Å². The zero-order chi connectivity index (χ0) is 17.3. The first-order chi connectivity index (χ1) is 11.5. The summed E-state index contributed by atoms with van der Waals surface area (Å²) in [7, 11) is 0. The molecule has 0 heterocycles. The van der Waals surface area contributed by atoms with Crippen LogP contribution in [-0.2, 0) is 0 Å². The second-order valence-corrected chi connectivity index (χ2v) is 6.00. The summed E-state index contributed by atoms with van der Waals surface area (Å²) in [4.78, 5) is 10.9. The smallest absolute Gasteiger partial charge is 0.319 e. The van der Waals surface area contributed by atoms with Crippen LogP contribution < -0.4 is 0 Å². The summed E-state index contributed by atoms with van der Waals surface area (Å²) in [6.45, 7) is 0. The number of aromatic hydroxyl groups is 1. The molecule has 0 saturated carbocycles. The Balaban J connectivity index is 2.36. The molecule has 0 aliphatic heterocycles. The lowest BCUT2D eigenvalue weighted by atomic mass is 9.92. The molecular weight excluding hydrogens is 349 g/mol. The van der Waals surface area contributed by atoms with Crippen molar-refractivity contribution < 1.29 is 10.0 Å². The van der Waals surface area contributed by atoms with Crippen molar-refractivity contribution in [3.63, 3.8) is 0 Å². The van der Waals surface area contributed by atoms with E-state index >= 15 is 0 Å². The van der Waals surface area contributed by atoms with Crippen LogP contribution >= 0.6 is 23.2 Å². The zero-order valence-corrected chi connectivity index (χ0v) is 13.8. The van der Waals surface area contributed by atoms with Gasteiger partial charge in [0.05, 0.1) is 10.5 Å². The van der Waals surface area contributed by atoms with Crippen molar-refractivity contribution in [3.8, 4) is 28.0 Å². The number of halogens is 2. The minimum Gasteiger partial charge on any atom is -0.502 e. The highest BCUT2D eigenvalue weighted by atomic mass is 35.5. The Kier molecular flexibility index (Phi) is 4.42. The van der Waals surface area contributed by atoms with E-state index in [1.807, 2.05) is 0 Å². The van der Waals surface area contributed by atoms with E-state index in [-0.39, 0.29) is 5.69 Å². The summed E-state index contributed by atoms with van der Waals surface area (Å²) in [5.41, 5.74) is 1.87. The molecule has 0 aliphatic carbocycles. The molecule has 0 atom stereocenters. The summed E-state index contributed by atoms with van der Waals surface area (Å²) in [5.74, 6) is -0.393. The summed E-state index contributed by atoms with van der Waals surface area (Å²) < 4.78 is 0. The Hall–Kier alpha value is -2.56. The molecule has 0 amide bonds. The molecule has 0 bridgehead atoms. The standard InChI is InChI=1S/C18H11Cl2NO3/c19-13-6-4-11(5-7-13)17-15(12-2-1-3-14(20)10-12)8-9-16(22)18(17)21(23)24/h1-10,22H. The molecule has 0 saturated heterocycles. The molecule has 0 unspecified atom stereocenters. The van der Waals surface area contributed by atoms with Gasteiger partial charge in [0.1, 0.15) is 0 Å². The van der Waals surface area contributed by atoms with Crippen LogP contribution in [-0.4, -0.2) is 10.0 Å². The number of hydrogen-bond acceptors (Lipinski definition) is 3. The average molecular weight is 360 g/mol. The molecule has 120 valence electrons. The normalized spacial score (nSPS) is 10.6. The SMILES string of the molecule is O=[N+]([O-])c1c(O)ccc(-c2cccc(Cl)c2)c1-c1ccc(Cl)cc1. The first-order valence-electron chi connectivity index (χ1n) is 6.99. The predicted molar refractivity (Wildman–Crippen MR) is 95.7 cm³/mol. The number of phenolic OH excluding ortho intramolecular Hbond substituents is 1. The summed E-state index contributed by atoms with van der Waals surface area (Å²) in [6, 6.07) is 16.6. The fourth-order valence-corrected chi connectivity index (χ4v) is 2.89. The van der Waals surface area contributed by atoms with Crippen LogP contribution in [0.3, 0.4) is 0 Å². The van der Waals surface area contributed by atoms with Crippen LogP contribution in [0.1, 0.15) is 0 Å². The first-order valence-corrected chi connectivity index (χ1v) is 7.75. The summed E-state index contributed by atoms with van der Waals surface area (Å²) in [6.07, 6.45) is 0. The van der Waals surface area contributed by atoms with Gasteiger partial charge in [-0.1, -0.05) is 47.5 Å². The summed E-state index contributed by atoms with van der Waals surface area (Å²) >= 11 is 12.0. The van der Waals surface area contributed by atoms with E-state index < -0.39 is 10.7 Å². The van der Waals surface area contributed by atoms with Crippen LogP contribution in [0.25, 0.3) is 22.3 Å². The molecule has 0 fully saturated rings. The first kappa shape index (κ1) is 16.3. The van der Waals surface area contributed by atoms with Crippen molar-refractivity contribution in [2.45, 2.75) is 0 Å². The topological polar surface area (TPSA) is 63.4 Å². The maximum absolute atomic E-state index is 11.5. The van der Waals surface area contributed by atoms with Gasteiger partial charge in [-0.2, -0.15) is 0 Å². The number of nitro groups is 1. The molecule has 0 spiro atoms. The number of phenols is 1. The highest BCUT2D eigenvalue weighted by Gasteiger charge is 2.25. The third-order valence-electron chi connectivity index (χ3n) is 3.61. The van der Waals surface area contributed by atoms with E-state index in [4.69, 9.17) is 23.2 Å². The Morgan fingerprint density at radius 2 is 1.58 bits per heavy atom. The van der Waals surface area contributed by atoms with Crippen molar-refractivity contribution >= 4 is 28.9 Å². The number of nitro benzene ring substituents is 1. The molecule has 0 aliphatic rings. The largest absolute Gasteiger partial charge is 0.502 e. The van der Waals surface area contributed by atoms with Gasteiger partial charge in [0, 0.05) is 10.0 Å². The minimum absolute atomic E-state index is 0.318. The third kappa shape index (κ3) is 3.07. The second-order valence-electron chi connectivity index (χ2n) is 5.13. The van der Waals surface area contributed by atoms with Crippen LogP contribution in [0.5, 0.6) is 5.75 Å². The quantitative estimate of drug-likeness (QED) is 0.464. The Morgan fingerprint density at radius 3 is 2.21 bits per heavy atom. The highest BCUT2D eigenvalue weighted by molar-refractivity contribution is 6.31. The fraction of sp³-hybridized carbons (Fsp3) is 0. The second kappa shape index (κ2) is 6.51. The van der Waals surface area contributed by atoms with Crippen molar-refractivity contribution in [1.29, 1.82) is 0 Å². The van der Waals surface area contributed by atoms with Gasteiger partial charge in [0.2, 0.25) is 0 Å². The molecule has 1 N–H and O–H groups in total. The van der Waals surface area contributed by atoms with Crippen LogP contribution in [0.15, 0.2) is 60.7 Å². The molecule has 24 heavy (non-hydrogen) atoms. The monoisotopic (exact) mass is 359 g/mol. The lowest BCUT2D eigenvalue weighted by Crippen LogP contribution is -1.95. The number of rotatable bonds is 3.